The Kier molecular flexibility index (Phi) is 5.39. The van der Waals surface area contributed by atoms with E-state index in [1.165, 1.54) is 29.3 Å². The summed E-state index contributed by atoms with van der Waals surface area (Å²) < 4.78 is 6.43. The summed E-state index contributed by atoms with van der Waals surface area (Å²) in [5.41, 5.74) is 3.45. The van der Waals surface area contributed by atoms with Crippen LogP contribution in [0.2, 0.25) is 0 Å². The van der Waals surface area contributed by atoms with Crippen LogP contribution in [-0.2, 0) is 4.79 Å². The summed E-state index contributed by atoms with van der Waals surface area (Å²) >= 11 is 2.79. The number of rotatable bonds is 6. The van der Waals surface area contributed by atoms with Gasteiger partial charge in [-0.1, -0.05) is 53.4 Å². The lowest BCUT2D eigenvalue weighted by molar-refractivity contribution is -0.118. The van der Waals surface area contributed by atoms with Crippen LogP contribution < -0.4 is 5.43 Å². The minimum atomic E-state index is -0.209. The Balaban J connectivity index is 1.49. The monoisotopic (exact) mass is 358 g/mol. The maximum atomic E-state index is 11.7. The Morgan fingerprint density at radius 2 is 2.12 bits per heavy atom. The maximum Gasteiger partial charge on any atom is 0.250 e. The number of furan rings is 1. The van der Waals surface area contributed by atoms with Gasteiger partial charge in [0.25, 0.3) is 5.91 Å². The Morgan fingerprint density at radius 3 is 2.88 bits per heavy atom. The van der Waals surface area contributed by atoms with Crippen molar-refractivity contribution in [1.29, 1.82) is 0 Å². The van der Waals surface area contributed by atoms with Crippen LogP contribution in [0, 0.1) is 6.92 Å². The highest BCUT2D eigenvalue weighted by atomic mass is 32.2. The Hall–Kier alpha value is -2.45. The van der Waals surface area contributed by atoms with Crippen molar-refractivity contribution in [3.63, 3.8) is 0 Å². The lowest BCUT2D eigenvalue weighted by atomic mass is 10.2. The van der Waals surface area contributed by atoms with E-state index >= 15 is 0 Å². The Bertz CT molecular complexity index is 843. The molecule has 0 aliphatic heterocycles. The van der Waals surface area contributed by atoms with Gasteiger partial charge in [-0.25, -0.2) is 5.43 Å². The third-order valence-corrected chi connectivity index (χ3v) is 4.87. The first kappa shape index (κ1) is 16.4. The van der Waals surface area contributed by atoms with Crippen LogP contribution in [0.15, 0.2) is 56.3 Å². The quantitative estimate of drug-likeness (QED) is 0.415. The first-order valence-corrected chi connectivity index (χ1v) is 8.91. The zero-order valence-corrected chi connectivity index (χ0v) is 14.4. The van der Waals surface area contributed by atoms with Gasteiger partial charge in [0.05, 0.1) is 12.0 Å². The number of benzene rings is 1. The van der Waals surface area contributed by atoms with E-state index in [-0.39, 0.29) is 11.7 Å². The van der Waals surface area contributed by atoms with Gasteiger partial charge in [-0.2, -0.15) is 5.10 Å². The van der Waals surface area contributed by atoms with Gasteiger partial charge in [0, 0.05) is 5.56 Å². The fourth-order valence-corrected chi connectivity index (χ4v) is 3.45. The van der Waals surface area contributed by atoms with Gasteiger partial charge in [-0.3, -0.25) is 4.79 Å². The van der Waals surface area contributed by atoms with E-state index in [2.05, 4.69) is 20.7 Å². The van der Waals surface area contributed by atoms with E-state index in [9.17, 15) is 4.79 Å². The van der Waals surface area contributed by atoms with Crippen molar-refractivity contribution in [3.8, 4) is 11.3 Å². The number of hydrogen-bond acceptors (Lipinski definition) is 7. The first-order chi connectivity index (χ1) is 11.7. The van der Waals surface area contributed by atoms with Crippen molar-refractivity contribution in [2.75, 3.05) is 5.75 Å². The van der Waals surface area contributed by atoms with E-state index in [4.69, 9.17) is 4.42 Å². The highest BCUT2D eigenvalue weighted by Crippen LogP contribution is 2.22. The summed E-state index contributed by atoms with van der Waals surface area (Å²) in [7, 11) is 0. The minimum absolute atomic E-state index is 0.209. The molecule has 0 aliphatic carbocycles. The normalized spacial score (nSPS) is 11.0. The van der Waals surface area contributed by atoms with Crippen LogP contribution in [0.4, 0.5) is 0 Å². The van der Waals surface area contributed by atoms with E-state index in [1.54, 1.807) is 6.07 Å². The topological polar surface area (TPSA) is 80.4 Å². The third kappa shape index (κ3) is 4.53. The summed E-state index contributed by atoms with van der Waals surface area (Å²) in [5, 5.41) is 12.6. The number of aryl methyl sites for hydroxylation is 1. The van der Waals surface area contributed by atoms with Crippen LogP contribution >= 0.6 is 23.1 Å². The second-order valence-corrected chi connectivity index (χ2v) is 7.14. The van der Waals surface area contributed by atoms with Crippen LogP contribution in [0.5, 0.6) is 0 Å². The van der Waals surface area contributed by atoms with Gasteiger partial charge in [0.15, 0.2) is 4.34 Å². The van der Waals surface area contributed by atoms with Gasteiger partial charge in [0.1, 0.15) is 16.5 Å². The Morgan fingerprint density at radius 1 is 1.29 bits per heavy atom. The molecule has 0 saturated heterocycles. The zero-order valence-electron chi connectivity index (χ0n) is 12.8. The maximum absolute atomic E-state index is 11.7. The molecule has 0 saturated carbocycles. The molecule has 0 bridgehead atoms. The number of hydrazone groups is 1. The highest BCUT2D eigenvalue weighted by Gasteiger charge is 2.06. The van der Waals surface area contributed by atoms with Gasteiger partial charge >= 0.3 is 0 Å². The minimum Gasteiger partial charge on any atom is -0.455 e. The predicted octanol–water partition coefficient (Wildman–Crippen LogP) is 3.35. The summed E-state index contributed by atoms with van der Waals surface area (Å²) in [6, 6.07) is 13.4. The summed E-state index contributed by atoms with van der Waals surface area (Å²) in [4.78, 5) is 11.7. The zero-order chi connectivity index (χ0) is 16.8. The van der Waals surface area contributed by atoms with Crippen molar-refractivity contribution in [2.45, 2.75) is 11.3 Å². The molecule has 2 heterocycles. The SMILES string of the molecule is Cc1nnc(SCC(=O)N/N=C/c2ccc(-c3ccccc3)o2)s1. The predicted molar refractivity (Wildman–Crippen MR) is 95.3 cm³/mol. The van der Waals surface area contributed by atoms with E-state index in [0.717, 1.165) is 20.7 Å². The molecule has 2 aromatic heterocycles. The molecule has 0 unspecified atom stereocenters. The van der Waals surface area contributed by atoms with Crippen molar-refractivity contribution < 1.29 is 9.21 Å². The molecule has 0 aliphatic rings. The third-order valence-electron chi connectivity index (χ3n) is 2.90. The molecule has 24 heavy (non-hydrogen) atoms. The fraction of sp³-hybridized carbons (Fsp3) is 0.125. The van der Waals surface area contributed by atoms with Crippen LogP contribution in [0.1, 0.15) is 10.8 Å². The number of thioether (sulfide) groups is 1. The standard InChI is InChI=1S/C16H14N4O2S2/c1-11-18-20-16(24-11)23-10-15(21)19-17-9-13-7-8-14(22-13)12-5-3-2-4-6-12/h2-9H,10H2,1H3,(H,19,21)/b17-9+. The van der Waals surface area contributed by atoms with Crippen LogP contribution in [0.25, 0.3) is 11.3 Å². The van der Waals surface area contributed by atoms with Crippen LogP contribution in [-0.4, -0.2) is 28.1 Å². The molecule has 3 aromatic rings. The number of nitrogens with one attached hydrogen (secondary N) is 1. The van der Waals surface area contributed by atoms with E-state index in [0.29, 0.717) is 5.76 Å². The number of nitrogens with zero attached hydrogens (tertiary/aromatic N) is 3. The average Bonchev–Trinajstić information content (AvgIpc) is 3.23. The second-order valence-electron chi connectivity index (χ2n) is 4.74. The molecule has 0 radical (unpaired) electrons. The molecule has 1 aromatic carbocycles. The smallest absolute Gasteiger partial charge is 0.250 e. The molecule has 3 rings (SSSR count). The molecule has 8 heteroatoms. The van der Waals surface area contributed by atoms with Crippen molar-refractivity contribution in [1.82, 2.24) is 15.6 Å². The van der Waals surface area contributed by atoms with Crippen molar-refractivity contribution >= 4 is 35.2 Å². The molecule has 0 atom stereocenters. The summed E-state index contributed by atoms with van der Waals surface area (Å²) in [6.45, 7) is 1.87. The summed E-state index contributed by atoms with van der Waals surface area (Å²) in [5.74, 6) is 1.35. The molecule has 1 N–H and O–H groups in total. The average molecular weight is 358 g/mol. The largest absolute Gasteiger partial charge is 0.455 e. The van der Waals surface area contributed by atoms with Crippen LogP contribution in [0.3, 0.4) is 0 Å². The molecular formula is C16H14N4O2S2. The molecule has 6 nitrogen and oxygen atoms in total. The Labute approximate surface area is 147 Å². The molecule has 0 spiro atoms. The van der Waals surface area contributed by atoms with Gasteiger partial charge in [0.2, 0.25) is 0 Å². The summed E-state index contributed by atoms with van der Waals surface area (Å²) in [6.07, 6.45) is 1.48. The van der Waals surface area contributed by atoms with Crippen molar-refractivity contribution in [2.24, 2.45) is 5.10 Å². The number of aromatic nitrogens is 2. The lowest BCUT2D eigenvalue weighted by Crippen LogP contribution is -2.19. The number of carbonyl (C=O) groups excluding carboxylic acids is 1. The van der Waals surface area contributed by atoms with Gasteiger partial charge < -0.3 is 4.42 Å². The second kappa shape index (κ2) is 7.89. The molecule has 1 amide bonds. The highest BCUT2D eigenvalue weighted by molar-refractivity contribution is 8.01. The van der Waals surface area contributed by atoms with E-state index in [1.807, 2.05) is 43.3 Å². The van der Waals surface area contributed by atoms with Gasteiger partial charge in [-0.05, 0) is 19.1 Å². The van der Waals surface area contributed by atoms with E-state index < -0.39 is 0 Å². The lowest BCUT2D eigenvalue weighted by Gasteiger charge is -1.97. The molecule has 0 fully saturated rings. The fourth-order valence-electron chi connectivity index (χ4n) is 1.84. The number of hydrogen-bond donors (Lipinski definition) is 1. The number of carbonyl (C=O) groups is 1. The van der Waals surface area contributed by atoms with Crippen molar-refractivity contribution in [3.05, 3.63) is 53.2 Å². The molecular weight excluding hydrogens is 344 g/mol. The van der Waals surface area contributed by atoms with Gasteiger partial charge in [-0.15, -0.1) is 10.2 Å². The number of amides is 1. The first-order valence-electron chi connectivity index (χ1n) is 7.11. The molecule has 122 valence electrons.